The van der Waals surface area contributed by atoms with Crippen LogP contribution in [0.5, 0.6) is 0 Å². The van der Waals surface area contributed by atoms with Gasteiger partial charge in [0, 0.05) is 13.1 Å². The predicted octanol–water partition coefficient (Wildman–Crippen LogP) is 3.31. The summed E-state index contributed by atoms with van der Waals surface area (Å²) in [6.07, 6.45) is 1.03. The summed E-state index contributed by atoms with van der Waals surface area (Å²) in [4.78, 5) is 14.0. The van der Waals surface area contributed by atoms with Crippen LogP contribution < -0.4 is 5.32 Å². The second kappa shape index (κ2) is 5.83. The number of carbonyl (C=O) groups excluding carboxylic acids is 1. The number of benzene rings is 1. The van der Waals surface area contributed by atoms with Crippen molar-refractivity contribution in [1.29, 1.82) is 0 Å². The highest BCUT2D eigenvalue weighted by molar-refractivity contribution is 5.90. The Morgan fingerprint density at radius 1 is 1.32 bits per heavy atom. The third kappa shape index (κ3) is 2.84. The molecular weight excluding hydrogens is 278 g/mol. The van der Waals surface area contributed by atoms with Crippen LogP contribution in [0, 0.1) is 26.7 Å². The lowest BCUT2D eigenvalue weighted by Crippen LogP contribution is -2.52. The Morgan fingerprint density at radius 3 is 2.68 bits per heavy atom. The van der Waals surface area contributed by atoms with Gasteiger partial charge in [0.25, 0.3) is 0 Å². The van der Waals surface area contributed by atoms with Crippen LogP contribution in [0.15, 0.2) is 28.8 Å². The van der Waals surface area contributed by atoms with Crippen LogP contribution >= 0.6 is 0 Å². The van der Waals surface area contributed by atoms with Crippen LogP contribution in [-0.2, 0) is 6.42 Å². The molecule has 1 aromatic heterocycles. The van der Waals surface area contributed by atoms with Gasteiger partial charge in [-0.15, -0.1) is 0 Å². The molecule has 1 N–H and O–H groups in total. The van der Waals surface area contributed by atoms with E-state index in [1.807, 2.05) is 11.8 Å². The number of amides is 2. The number of nitrogens with zero attached hydrogens (tertiary/aromatic N) is 2. The molecule has 3 rings (SSSR count). The fourth-order valence-electron chi connectivity index (χ4n) is 2.86. The topological polar surface area (TPSA) is 58.4 Å². The number of aromatic nitrogens is 1. The first kappa shape index (κ1) is 14.6. The molecule has 5 nitrogen and oxygen atoms in total. The minimum Gasteiger partial charge on any atom is -0.359 e. The van der Waals surface area contributed by atoms with Crippen molar-refractivity contribution in [3.05, 3.63) is 46.8 Å². The molecule has 2 heterocycles. The van der Waals surface area contributed by atoms with Crippen molar-refractivity contribution in [1.82, 2.24) is 10.1 Å². The lowest BCUT2D eigenvalue weighted by molar-refractivity contribution is 0.131. The van der Waals surface area contributed by atoms with Crippen molar-refractivity contribution in [2.24, 2.45) is 5.92 Å². The smallest absolute Gasteiger partial charge is 0.322 e. The molecule has 0 saturated carbocycles. The van der Waals surface area contributed by atoms with Crippen LogP contribution in [0.4, 0.5) is 10.5 Å². The molecule has 0 atom stereocenters. The summed E-state index contributed by atoms with van der Waals surface area (Å²) in [5, 5.41) is 6.73. The van der Waals surface area contributed by atoms with E-state index in [1.165, 1.54) is 11.1 Å². The average molecular weight is 299 g/mol. The summed E-state index contributed by atoms with van der Waals surface area (Å²) in [5.74, 6) is 1.18. The van der Waals surface area contributed by atoms with Crippen molar-refractivity contribution in [3.63, 3.8) is 0 Å². The molecule has 1 aliphatic rings. The first-order chi connectivity index (χ1) is 10.5. The van der Waals surface area contributed by atoms with Crippen LogP contribution in [-0.4, -0.2) is 29.2 Å². The van der Waals surface area contributed by atoms with Crippen LogP contribution in [0.2, 0.25) is 0 Å². The van der Waals surface area contributed by atoms with Gasteiger partial charge in [-0.25, -0.2) is 4.79 Å². The molecule has 0 unspecified atom stereocenters. The van der Waals surface area contributed by atoms with Crippen LogP contribution in [0.3, 0.4) is 0 Å². The highest BCUT2D eigenvalue weighted by atomic mass is 16.5. The molecular formula is C17H21N3O2. The summed E-state index contributed by atoms with van der Waals surface area (Å²) in [5.41, 5.74) is 4.09. The average Bonchev–Trinajstić information content (AvgIpc) is 2.76. The fourth-order valence-corrected chi connectivity index (χ4v) is 2.86. The number of rotatable bonds is 3. The lowest BCUT2D eigenvalue weighted by atomic mass is 9.90. The monoisotopic (exact) mass is 299 g/mol. The fraction of sp³-hybridized carbons (Fsp3) is 0.412. The van der Waals surface area contributed by atoms with E-state index in [2.05, 4.69) is 41.7 Å². The van der Waals surface area contributed by atoms with E-state index in [0.717, 1.165) is 19.5 Å². The summed E-state index contributed by atoms with van der Waals surface area (Å²) in [7, 11) is 0. The minimum atomic E-state index is -0.0737. The number of anilines is 1. The normalized spacial score (nSPS) is 14.8. The Balaban J connectivity index is 1.53. The van der Waals surface area contributed by atoms with Gasteiger partial charge in [0.2, 0.25) is 0 Å². The third-order valence-electron chi connectivity index (χ3n) is 4.28. The van der Waals surface area contributed by atoms with E-state index in [-0.39, 0.29) is 6.03 Å². The maximum absolute atomic E-state index is 12.2. The maximum atomic E-state index is 12.2. The first-order valence-corrected chi connectivity index (χ1v) is 7.58. The minimum absolute atomic E-state index is 0.0737. The summed E-state index contributed by atoms with van der Waals surface area (Å²) in [6.45, 7) is 7.35. The molecule has 22 heavy (non-hydrogen) atoms. The van der Waals surface area contributed by atoms with Gasteiger partial charge in [0.05, 0.1) is 0 Å². The molecule has 0 bridgehead atoms. The standard InChI is InChI=1S/C17H21N3O2/c1-11-6-4-5-7-15(11)8-14-9-20(10-14)17(21)18-16-12(2)19-22-13(16)3/h4-7,14H,8-10H2,1-3H3,(H,18,21). The predicted molar refractivity (Wildman–Crippen MR) is 84.9 cm³/mol. The van der Waals surface area contributed by atoms with E-state index in [9.17, 15) is 4.79 Å². The highest BCUT2D eigenvalue weighted by Crippen LogP contribution is 2.24. The van der Waals surface area contributed by atoms with E-state index >= 15 is 0 Å². The van der Waals surface area contributed by atoms with Gasteiger partial charge in [0.15, 0.2) is 5.76 Å². The summed E-state index contributed by atoms with van der Waals surface area (Å²) < 4.78 is 5.06. The van der Waals surface area contributed by atoms with Gasteiger partial charge in [-0.3, -0.25) is 0 Å². The number of hydrogen-bond acceptors (Lipinski definition) is 3. The van der Waals surface area contributed by atoms with Gasteiger partial charge in [-0.2, -0.15) is 0 Å². The molecule has 0 radical (unpaired) electrons. The van der Waals surface area contributed by atoms with Gasteiger partial charge < -0.3 is 14.7 Å². The zero-order chi connectivity index (χ0) is 15.7. The number of hydrogen-bond donors (Lipinski definition) is 1. The zero-order valence-electron chi connectivity index (χ0n) is 13.2. The van der Waals surface area contributed by atoms with Crippen LogP contribution in [0.25, 0.3) is 0 Å². The number of carbonyl (C=O) groups is 1. The number of nitrogens with one attached hydrogen (secondary N) is 1. The SMILES string of the molecule is Cc1ccccc1CC1CN(C(=O)Nc2c(C)noc2C)C1. The molecule has 5 heteroatoms. The Morgan fingerprint density at radius 2 is 2.05 bits per heavy atom. The molecule has 1 saturated heterocycles. The second-order valence-corrected chi connectivity index (χ2v) is 6.03. The Kier molecular flexibility index (Phi) is 3.88. The van der Waals surface area contributed by atoms with Gasteiger partial charge >= 0.3 is 6.03 Å². The van der Waals surface area contributed by atoms with E-state index in [0.29, 0.717) is 23.1 Å². The molecule has 1 aromatic carbocycles. The summed E-state index contributed by atoms with van der Waals surface area (Å²) in [6, 6.07) is 8.36. The van der Waals surface area contributed by atoms with Gasteiger partial charge in [-0.05, 0) is 44.2 Å². The second-order valence-electron chi connectivity index (χ2n) is 6.03. The van der Waals surface area contributed by atoms with Crippen LogP contribution in [0.1, 0.15) is 22.6 Å². The van der Waals surface area contributed by atoms with Gasteiger partial charge in [-0.1, -0.05) is 29.4 Å². The van der Waals surface area contributed by atoms with Crippen molar-refractivity contribution in [2.45, 2.75) is 27.2 Å². The molecule has 1 fully saturated rings. The molecule has 116 valence electrons. The molecule has 2 aromatic rings. The first-order valence-electron chi connectivity index (χ1n) is 7.58. The van der Waals surface area contributed by atoms with E-state index < -0.39 is 0 Å². The Hall–Kier alpha value is -2.30. The summed E-state index contributed by atoms with van der Waals surface area (Å²) >= 11 is 0. The third-order valence-corrected chi connectivity index (χ3v) is 4.28. The van der Waals surface area contributed by atoms with Gasteiger partial charge in [0.1, 0.15) is 11.4 Å². The molecule has 0 spiro atoms. The maximum Gasteiger partial charge on any atom is 0.322 e. The zero-order valence-corrected chi connectivity index (χ0v) is 13.2. The van der Waals surface area contributed by atoms with E-state index in [1.54, 1.807) is 6.92 Å². The van der Waals surface area contributed by atoms with Crippen molar-refractivity contribution < 1.29 is 9.32 Å². The number of urea groups is 1. The largest absolute Gasteiger partial charge is 0.359 e. The number of likely N-dealkylation sites (tertiary alicyclic amines) is 1. The molecule has 1 aliphatic heterocycles. The van der Waals surface area contributed by atoms with Crippen molar-refractivity contribution >= 4 is 11.7 Å². The Bertz CT molecular complexity index is 667. The molecule has 0 aliphatic carbocycles. The lowest BCUT2D eigenvalue weighted by Gasteiger charge is -2.39. The number of aryl methyl sites for hydroxylation is 3. The van der Waals surface area contributed by atoms with Crippen molar-refractivity contribution in [2.75, 3.05) is 18.4 Å². The van der Waals surface area contributed by atoms with E-state index in [4.69, 9.17) is 4.52 Å². The highest BCUT2D eigenvalue weighted by Gasteiger charge is 2.31. The Labute approximate surface area is 130 Å². The quantitative estimate of drug-likeness (QED) is 0.946. The molecule has 2 amide bonds. The van der Waals surface area contributed by atoms with Crippen molar-refractivity contribution in [3.8, 4) is 0 Å².